The van der Waals surface area contributed by atoms with Gasteiger partial charge in [0.05, 0.1) is 12.9 Å². The standard InChI is InChI=1S/C26H30N2O4/c1-19(2)14-24(29)28-25(22-10-4-3-5-11-22)26(30)27-16-20-8-6-9-21(15-20)17-31-18-23-12-7-13-32-23/h3-13,15,19,25H,14,16-18H2,1-2H3,(H,27,30)(H,28,29). The largest absolute Gasteiger partial charge is 0.467 e. The lowest BCUT2D eigenvalue weighted by atomic mass is 10.0. The lowest BCUT2D eigenvalue weighted by Crippen LogP contribution is -2.40. The van der Waals surface area contributed by atoms with E-state index in [2.05, 4.69) is 10.6 Å². The third kappa shape index (κ3) is 7.39. The molecule has 0 aliphatic rings. The second-order valence-corrected chi connectivity index (χ2v) is 8.12. The zero-order chi connectivity index (χ0) is 22.8. The van der Waals surface area contributed by atoms with Crippen molar-refractivity contribution in [3.63, 3.8) is 0 Å². The highest BCUT2D eigenvalue weighted by Gasteiger charge is 2.22. The molecule has 0 saturated carbocycles. The summed E-state index contributed by atoms with van der Waals surface area (Å²) in [7, 11) is 0. The third-order valence-electron chi connectivity index (χ3n) is 4.85. The summed E-state index contributed by atoms with van der Waals surface area (Å²) >= 11 is 0. The number of furan rings is 1. The molecule has 0 spiro atoms. The molecular formula is C26H30N2O4. The number of carbonyl (C=O) groups is 2. The van der Waals surface area contributed by atoms with Gasteiger partial charge in [0, 0.05) is 13.0 Å². The minimum atomic E-state index is -0.734. The summed E-state index contributed by atoms with van der Waals surface area (Å²) in [6.07, 6.45) is 1.99. The molecule has 1 unspecified atom stereocenters. The van der Waals surface area contributed by atoms with E-state index in [9.17, 15) is 9.59 Å². The highest BCUT2D eigenvalue weighted by Crippen LogP contribution is 2.15. The van der Waals surface area contributed by atoms with Gasteiger partial charge in [0.1, 0.15) is 18.4 Å². The van der Waals surface area contributed by atoms with Gasteiger partial charge in [0.2, 0.25) is 11.8 Å². The number of hydrogen-bond donors (Lipinski definition) is 2. The Kier molecular flexibility index (Phi) is 8.63. The molecule has 1 aromatic heterocycles. The lowest BCUT2D eigenvalue weighted by Gasteiger charge is -2.20. The Balaban J connectivity index is 1.58. The molecule has 0 fully saturated rings. The predicted octanol–water partition coefficient (Wildman–Crippen LogP) is 4.52. The number of nitrogens with one attached hydrogen (secondary N) is 2. The molecule has 0 saturated heterocycles. The molecule has 2 amide bonds. The summed E-state index contributed by atoms with van der Waals surface area (Å²) in [5.41, 5.74) is 2.72. The molecule has 2 N–H and O–H groups in total. The van der Waals surface area contributed by atoms with Crippen molar-refractivity contribution in [2.45, 2.75) is 46.1 Å². The van der Waals surface area contributed by atoms with Crippen molar-refractivity contribution < 1.29 is 18.7 Å². The van der Waals surface area contributed by atoms with Crippen LogP contribution in [0.4, 0.5) is 0 Å². The summed E-state index contributed by atoms with van der Waals surface area (Å²) in [4.78, 5) is 25.3. The fourth-order valence-corrected chi connectivity index (χ4v) is 3.32. The molecule has 2 aromatic carbocycles. The maximum Gasteiger partial charge on any atom is 0.247 e. The lowest BCUT2D eigenvalue weighted by molar-refractivity contribution is -0.129. The van der Waals surface area contributed by atoms with E-state index in [1.807, 2.05) is 80.6 Å². The Morgan fingerprint density at radius 1 is 0.938 bits per heavy atom. The Hall–Kier alpha value is -3.38. The second kappa shape index (κ2) is 11.9. The molecule has 3 aromatic rings. The van der Waals surface area contributed by atoms with E-state index in [1.54, 1.807) is 6.26 Å². The van der Waals surface area contributed by atoms with Crippen molar-refractivity contribution in [2.24, 2.45) is 5.92 Å². The molecule has 6 heteroatoms. The molecule has 168 valence electrons. The minimum absolute atomic E-state index is 0.139. The summed E-state index contributed by atoms with van der Waals surface area (Å²) in [6.45, 7) is 5.16. The van der Waals surface area contributed by atoms with Crippen LogP contribution in [-0.2, 0) is 34.1 Å². The maximum absolute atomic E-state index is 13.0. The Morgan fingerprint density at radius 3 is 2.44 bits per heavy atom. The number of rotatable bonds is 11. The van der Waals surface area contributed by atoms with Crippen molar-refractivity contribution in [1.82, 2.24) is 10.6 Å². The van der Waals surface area contributed by atoms with Crippen molar-refractivity contribution in [3.8, 4) is 0 Å². The molecule has 0 radical (unpaired) electrons. The molecule has 0 bridgehead atoms. The number of hydrogen-bond acceptors (Lipinski definition) is 4. The summed E-state index contributed by atoms with van der Waals surface area (Å²) in [5, 5.41) is 5.83. The topological polar surface area (TPSA) is 80.6 Å². The van der Waals surface area contributed by atoms with E-state index >= 15 is 0 Å². The van der Waals surface area contributed by atoms with Gasteiger partial charge in [0.15, 0.2) is 0 Å². The normalized spacial score (nSPS) is 11.8. The van der Waals surface area contributed by atoms with E-state index in [0.29, 0.717) is 26.2 Å². The number of amides is 2. The van der Waals surface area contributed by atoms with E-state index in [1.165, 1.54) is 0 Å². The van der Waals surface area contributed by atoms with Crippen LogP contribution in [0.5, 0.6) is 0 Å². The number of carbonyl (C=O) groups excluding carboxylic acids is 2. The molecule has 3 rings (SSSR count). The first-order valence-electron chi connectivity index (χ1n) is 10.8. The van der Waals surface area contributed by atoms with Crippen LogP contribution < -0.4 is 10.6 Å². The fraction of sp³-hybridized carbons (Fsp3) is 0.308. The van der Waals surface area contributed by atoms with Crippen LogP contribution in [0, 0.1) is 5.92 Å². The minimum Gasteiger partial charge on any atom is -0.467 e. The molecular weight excluding hydrogens is 404 g/mol. The number of benzene rings is 2. The van der Waals surface area contributed by atoms with E-state index < -0.39 is 6.04 Å². The van der Waals surface area contributed by atoms with Gasteiger partial charge in [-0.2, -0.15) is 0 Å². The third-order valence-corrected chi connectivity index (χ3v) is 4.85. The highest BCUT2D eigenvalue weighted by molar-refractivity contribution is 5.88. The van der Waals surface area contributed by atoms with Crippen LogP contribution in [0.1, 0.15) is 48.8 Å². The van der Waals surface area contributed by atoms with Gasteiger partial charge < -0.3 is 19.8 Å². The first kappa shape index (κ1) is 23.3. The second-order valence-electron chi connectivity index (χ2n) is 8.12. The quantitative estimate of drug-likeness (QED) is 0.465. The average molecular weight is 435 g/mol. The monoisotopic (exact) mass is 434 g/mol. The Labute approximate surface area is 189 Å². The van der Waals surface area contributed by atoms with Gasteiger partial charge in [0.25, 0.3) is 0 Å². The van der Waals surface area contributed by atoms with Gasteiger partial charge >= 0.3 is 0 Å². The molecule has 0 aliphatic carbocycles. The fourth-order valence-electron chi connectivity index (χ4n) is 3.32. The van der Waals surface area contributed by atoms with Crippen molar-refractivity contribution >= 4 is 11.8 Å². The first-order valence-corrected chi connectivity index (χ1v) is 10.8. The molecule has 0 aliphatic heterocycles. The van der Waals surface area contributed by atoms with Crippen LogP contribution in [0.15, 0.2) is 77.4 Å². The van der Waals surface area contributed by atoms with E-state index in [0.717, 1.165) is 22.5 Å². The number of ether oxygens (including phenoxy) is 1. The van der Waals surface area contributed by atoms with Crippen LogP contribution in [0.2, 0.25) is 0 Å². The SMILES string of the molecule is CC(C)CC(=O)NC(C(=O)NCc1cccc(COCc2ccco2)c1)c1ccccc1. The van der Waals surface area contributed by atoms with Gasteiger partial charge in [-0.15, -0.1) is 0 Å². The van der Waals surface area contributed by atoms with Crippen molar-refractivity contribution in [1.29, 1.82) is 0 Å². The summed E-state index contributed by atoms with van der Waals surface area (Å²) in [5.74, 6) is 0.611. The Morgan fingerprint density at radius 2 is 1.72 bits per heavy atom. The smallest absolute Gasteiger partial charge is 0.247 e. The van der Waals surface area contributed by atoms with Crippen molar-refractivity contribution in [2.75, 3.05) is 0 Å². The molecule has 1 heterocycles. The zero-order valence-electron chi connectivity index (χ0n) is 18.5. The van der Waals surface area contributed by atoms with Gasteiger partial charge in [-0.25, -0.2) is 0 Å². The Bertz CT molecular complexity index is 984. The highest BCUT2D eigenvalue weighted by atomic mass is 16.5. The average Bonchev–Trinajstić information content (AvgIpc) is 3.30. The summed E-state index contributed by atoms with van der Waals surface area (Å²) < 4.78 is 11.0. The van der Waals surface area contributed by atoms with Crippen LogP contribution >= 0.6 is 0 Å². The van der Waals surface area contributed by atoms with Gasteiger partial charge in [-0.05, 0) is 34.7 Å². The molecule has 32 heavy (non-hydrogen) atoms. The van der Waals surface area contributed by atoms with Crippen molar-refractivity contribution in [3.05, 3.63) is 95.4 Å². The van der Waals surface area contributed by atoms with E-state index in [-0.39, 0.29) is 17.7 Å². The predicted molar refractivity (Wildman–Crippen MR) is 122 cm³/mol. The van der Waals surface area contributed by atoms with Gasteiger partial charge in [-0.3, -0.25) is 9.59 Å². The molecule has 6 nitrogen and oxygen atoms in total. The van der Waals surface area contributed by atoms with Gasteiger partial charge in [-0.1, -0.05) is 68.4 Å². The maximum atomic E-state index is 13.0. The zero-order valence-corrected chi connectivity index (χ0v) is 18.5. The van der Waals surface area contributed by atoms with Crippen LogP contribution in [0.3, 0.4) is 0 Å². The first-order chi connectivity index (χ1) is 15.5. The van der Waals surface area contributed by atoms with Crippen LogP contribution in [-0.4, -0.2) is 11.8 Å². The summed E-state index contributed by atoms with van der Waals surface area (Å²) in [6, 6.07) is 20.1. The molecule has 1 atom stereocenters. The van der Waals surface area contributed by atoms with Crippen LogP contribution in [0.25, 0.3) is 0 Å². The van der Waals surface area contributed by atoms with E-state index in [4.69, 9.17) is 9.15 Å².